The molecule has 0 N–H and O–H groups in total. The van der Waals surface area contributed by atoms with Crippen LogP contribution in [0.15, 0.2) is 18.5 Å². The van der Waals surface area contributed by atoms with E-state index in [1.54, 1.807) is 6.33 Å². The van der Waals surface area contributed by atoms with Crippen molar-refractivity contribution < 1.29 is 0 Å². The van der Waals surface area contributed by atoms with E-state index in [1.807, 2.05) is 19.1 Å². The lowest BCUT2D eigenvalue weighted by Gasteiger charge is -2.09. The highest BCUT2D eigenvalue weighted by Gasteiger charge is 2.09. The molecule has 0 aliphatic carbocycles. The van der Waals surface area contributed by atoms with E-state index >= 15 is 0 Å². The molecule has 3 heteroatoms. The van der Waals surface area contributed by atoms with Crippen LogP contribution in [0.5, 0.6) is 0 Å². The summed E-state index contributed by atoms with van der Waals surface area (Å²) < 4.78 is 0. The smallest absolute Gasteiger partial charge is 0.116 e. The Morgan fingerprint density at radius 3 is 2.60 bits per heavy atom. The first-order chi connectivity index (χ1) is 7.09. The summed E-state index contributed by atoms with van der Waals surface area (Å²) >= 11 is 6.05. The molecule has 0 saturated carbocycles. The van der Waals surface area contributed by atoms with Crippen LogP contribution in [-0.4, -0.2) is 9.97 Å². The monoisotopic (exact) mass is 220 g/mol. The van der Waals surface area contributed by atoms with Crippen LogP contribution >= 0.6 is 11.6 Å². The van der Waals surface area contributed by atoms with Gasteiger partial charge in [0.1, 0.15) is 6.33 Å². The Balaban J connectivity index is 2.85. The summed E-state index contributed by atoms with van der Waals surface area (Å²) in [6, 6.07) is 3.88. The third kappa shape index (κ3) is 1.82. The minimum atomic E-state index is 0.383. The molecule has 2 aromatic rings. The molecule has 0 atom stereocenters. The summed E-state index contributed by atoms with van der Waals surface area (Å²) in [5, 5.41) is 1.81. The van der Waals surface area contributed by atoms with Gasteiger partial charge < -0.3 is 0 Å². The molecule has 1 heterocycles. The number of hydrogen-bond donors (Lipinski definition) is 0. The highest BCUT2D eigenvalue weighted by atomic mass is 35.5. The lowest BCUT2D eigenvalue weighted by atomic mass is 10.0. The summed E-state index contributed by atoms with van der Waals surface area (Å²) in [6.45, 7) is 6.27. The largest absolute Gasteiger partial charge is 0.240 e. The maximum Gasteiger partial charge on any atom is 0.116 e. The second-order valence-corrected chi connectivity index (χ2v) is 4.47. The number of benzene rings is 1. The van der Waals surface area contributed by atoms with E-state index in [9.17, 15) is 0 Å². The molecule has 2 rings (SSSR count). The van der Waals surface area contributed by atoms with Gasteiger partial charge in [0.05, 0.1) is 11.2 Å². The zero-order valence-corrected chi connectivity index (χ0v) is 9.84. The number of aromatic nitrogens is 2. The zero-order chi connectivity index (χ0) is 11.0. The van der Waals surface area contributed by atoms with Crippen LogP contribution in [0.1, 0.15) is 31.0 Å². The van der Waals surface area contributed by atoms with Gasteiger partial charge in [-0.1, -0.05) is 25.4 Å². The standard InChI is InChI=1S/C12H13ClN2/c1-7(2)11-10-5-9(13)4-8(3)12(10)15-6-14-11/h4-7H,1-3H3. The van der Waals surface area contributed by atoms with Gasteiger partial charge in [0.2, 0.25) is 0 Å². The fourth-order valence-corrected chi connectivity index (χ4v) is 2.05. The molecule has 0 bridgehead atoms. The molecule has 0 radical (unpaired) electrons. The predicted molar refractivity (Wildman–Crippen MR) is 63.4 cm³/mol. The number of halogens is 1. The minimum absolute atomic E-state index is 0.383. The maximum atomic E-state index is 6.05. The number of rotatable bonds is 1. The van der Waals surface area contributed by atoms with Crippen molar-refractivity contribution in [2.24, 2.45) is 0 Å². The molecule has 0 fully saturated rings. The topological polar surface area (TPSA) is 25.8 Å². The quantitative estimate of drug-likeness (QED) is 0.732. The Bertz CT molecular complexity index is 506. The second kappa shape index (κ2) is 3.78. The van der Waals surface area contributed by atoms with E-state index < -0.39 is 0 Å². The minimum Gasteiger partial charge on any atom is -0.240 e. The average Bonchev–Trinajstić information content (AvgIpc) is 2.16. The molecule has 0 unspecified atom stereocenters. The van der Waals surface area contributed by atoms with Crippen molar-refractivity contribution in [3.8, 4) is 0 Å². The van der Waals surface area contributed by atoms with E-state index in [0.29, 0.717) is 5.92 Å². The van der Waals surface area contributed by atoms with Crippen LogP contribution in [0.2, 0.25) is 5.02 Å². The van der Waals surface area contributed by atoms with Crippen molar-refractivity contribution >= 4 is 22.5 Å². The Kier molecular flexibility index (Phi) is 2.61. The van der Waals surface area contributed by atoms with Crippen LogP contribution in [0, 0.1) is 6.92 Å². The summed E-state index contributed by atoms with van der Waals surface area (Å²) in [6.07, 6.45) is 1.62. The highest BCUT2D eigenvalue weighted by molar-refractivity contribution is 6.31. The van der Waals surface area contributed by atoms with Gasteiger partial charge in [-0.25, -0.2) is 9.97 Å². The molecular formula is C12H13ClN2. The fourth-order valence-electron chi connectivity index (χ4n) is 1.78. The van der Waals surface area contributed by atoms with Crippen molar-refractivity contribution in [3.63, 3.8) is 0 Å². The first-order valence-corrected chi connectivity index (χ1v) is 5.38. The number of aryl methyl sites for hydroxylation is 1. The van der Waals surface area contributed by atoms with Crippen LogP contribution in [0.25, 0.3) is 10.9 Å². The molecule has 0 amide bonds. The zero-order valence-electron chi connectivity index (χ0n) is 9.08. The molecular weight excluding hydrogens is 208 g/mol. The van der Waals surface area contributed by atoms with Gasteiger partial charge >= 0.3 is 0 Å². The number of hydrogen-bond acceptors (Lipinski definition) is 2. The summed E-state index contributed by atoms with van der Waals surface area (Å²) in [4.78, 5) is 8.61. The lowest BCUT2D eigenvalue weighted by molar-refractivity contribution is 0.828. The molecule has 0 aliphatic rings. The van der Waals surface area contributed by atoms with Crippen molar-refractivity contribution in [2.45, 2.75) is 26.7 Å². The van der Waals surface area contributed by atoms with Gasteiger partial charge in [0.25, 0.3) is 0 Å². The van der Waals surface area contributed by atoms with Crippen LogP contribution in [-0.2, 0) is 0 Å². The Morgan fingerprint density at radius 1 is 1.20 bits per heavy atom. The molecule has 1 aromatic heterocycles. The molecule has 78 valence electrons. The Labute approximate surface area is 94.3 Å². The summed E-state index contributed by atoms with van der Waals surface area (Å²) in [5.74, 6) is 0.383. The number of fused-ring (bicyclic) bond motifs is 1. The first kappa shape index (κ1) is 10.4. The lowest BCUT2D eigenvalue weighted by Crippen LogP contribution is -1.96. The van der Waals surface area contributed by atoms with E-state index in [4.69, 9.17) is 11.6 Å². The van der Waals surface area contributed by atoms with Gasteiger partial charge in [-0.15, -0.1) is 0 Å². The van der Waals surface area contributed by atoms with E-state index in [1.165, 1.54) is 0 Å². The summed E-state index contributed by atoms with van der Waals surface area (Å²) in [5.41, 5.74) is 3.16. The second-order valence-electron chi connectivity index (χ2n) is 4.03. The highest BCUT2D eigenvalue weighted by Crippen LogP contribution is 2.27. The third-order valence-corrected chi connectivity index (χ3v) is 2.69. The van der Waals surface area contributed by atoms with Crippen molar-refractivity contribution in [3.05, 3.63) is 34.7 Å². The molecule has 2 nitrogen and oxygen atoms in total. The van der Waals surface area contributed by atoms with Crippen molar-refractivity contribution in [1.82, 2.24) is 9.97 Å². The van der Waals surface area contributed by atoms with Gasteiger partial charge in [-0.05, 0) is 30.5 Å². The fraction of sp³-hybridized carbons (Fsp3) is 0.333. The third-order valence-electron chi connectivity index (χ3n) is 2.47. The molecule has 0 saturated heterocycles. The van der Waals surface area contributed by atoms with Gasteiger partial charge in [0.15, 0.2) is 0 Å². The number of nitrogens with zero attached hydrogens (tertiary/aromatic N) is 2. The van der Waals surface area contributed by atoms with E-state index in [-0.39, 0.29) is 0 Å². The predicted octanol–water partition coefficient (Wildman–Crippen LogP) is 3.72. The van der Waals surface area contributed by atoms with Crippen LogP contribution < -0.4 is 0 Å². The maximum absolute atomic E-state index is 6.05. The average molecular weight is 221 g/mol. The Morgan fingerprint density at radius 2 is 1.93 bits per heavy atom. The molecule has 1 aromatic carbocycles. The van der Waals surface area contributed by atoms with Crippen LogP contribution in [0.3, 0.4) is 0 Å². The van der Waals surface area contributed by atoms with Crippen molar-refractivity contribution in [2.75, 3.05) is 0 Å². The molecule has 0 spiro atoms. The van der Waals surface area contributed by atoms with Gasteiger partial charge in [0, 0.05) is 10.4 Å². The van der Waals surface area contributed by atoms with E-state index in [0.717, 1.165) is 27.2 Å². The normalized spacial score (nSPS) is 11.3. The SMILES string of the molecule is Cc1cc(Cl)cc2c(C(C)C)ncnc12. The van der Waals surface area contributed by atoms with Crippen LogP contribution in [0.4, 0.5) is 0 Å². The van der Waals surface area contributed by atoms with Gasteiger partial charge in [-0.3, -0.25) is 0 Å². The first-order valence-electron chi connectivity index (χ1n) is 5.00. The summed E-state index contributed by atoms with van der Waals surface area (Å²) in [7, 11) is 0. The molecule has 15 heavy (non-hydrogen) atoms. The van der Waals surface area contributed by atoms with E-state index in [2.05, 4.69) is 23.8 Å². The van der Waals surface area contributed by atoms with Gasteiger partial charge in [-0.2, -0.15) is 0 Å². The molecule has 0 aliphatic heterocycles. The Hall–Kier alpha value is -1.15. The van der Waals surface area contributed by atoms with Crippen molar-refractivity contribution in [1.29, 1.82) is 0 Å².